The van der Waals surface area contributed by atoms with Crippen LogP contribution in [-0.2, 0) is 6.54 Å². The number of piperidine rings is 1. The van der Waals surface area contributed by atoms with Gasteiger partial charge in [0, 0.05) is 31.3 Å². The summed E-state index contributed by atoms with van der Waals surface area (Å²) in [7, 11) is 3.44. The molecule has 0 radical (unpaired) electrons. The number of ether oxygens (including phenoxy) is 2. The standard InChI is InChI=1S/C23H30N2O3/c1-4-28-22-20(7-5-9-21(22)27-3)16-25(2)23(26)18-12-10-17(11-13-18)19-8-6-14-24-15-19/h5,7,9-13,19,24H,4,6,8,14-16H2,1-3H3/t19-/m0/s1. The SMILES string of the molecule is CCOc1c(CN(C)C(=O)c2ccc([C@H]3CCCNC3)cc2)cccc1OC. The van der Waals surface area contributed by atoms with Gasteiger partial charge in [-0.25, -0.2) is 0 Å². The highest BCUT2D eigenvalue weighted by molar-refractivity contribution is 5.94. The predicted octanol–water partition coefficient (Wildman–Crippen LogP) is 3.83. The van der Waals surface area contributed by atoms with Gasteiger partial charge in [-0.05, 0) is 56.0 Å². The molecule has 1 heterocycles. The van der Waals surface area contributed by atoms with Gasteiger partial charge in [0.15, 0.2) is 11.5 Å². The largest absolute Gasteiger partial charge is 0.493 e. The van der Waals surface area contributed by atoms with Gasteiger partial charge >= 0.3 is 0 Å². The highest BCUT2D eigenvalue weighted by atomic mass is 16.5. The van der Waals surface area contributed by atoms with E-state index >= 15 is 0 Å². The molecule has 1 fully saturated rings. The van der Waals surface area contributed by atoms with Gasteiger partial charge in [0.1, 0.15) is 0 Å². The number of rotatable bonds is 7. The molecule has 0 aliphatic carbocycles. The van der Waals surface area contributed by atoms with E-state index in [0.29, 0.717) is 36.1 Å². The van der Waals surface area contributed by atoms with E-state index in [2.05, 4.69) is 17.4 Å². The Balaban J connectivity index is 1.71. The van der Waals surface area contributed by atoms with E-state index in [1.54, 1.807) is 12.0 Å². The van der Waals surface area contributed by atoms with Crippen LogP contribution in [0.1, 0.15) is 47.2 Å². The van der Waals surface area contributed by atoms with Crippen LogP contribution in [0.15, 0.2) is 42.5 Å². The maximum absolute atomic E-state index is 12.9. The minimum Gasteiger partial charge on any atom is -0.493 e. The molecule has 5 heteroatoms. The van der Waals surface area contributed by atoms with E-state index in [-0.39, 0.29) is 5.91 Å². The first-order chi connectivity index (χ1) is 13.6. The summed E-state index contributed by atoms with van der Waals surface area (Å²) in [4.78, 5) is 14.6. The van der Waals surface area contributed by atoms with Gasteiger partial charge in [0.05, 0.1) is 13.7 Å². The number of carbonyl (C=O) groups excluding carboxylic acids is 1. The summed E-state index contributed by atoms with van der Waals surface area (Å²) in [5.74, 6) is 1.93. The molecule has 0 spiro atoms. The lowest BCUT2D eigenvalue weighted by molar-refractivity contribution is 0.0783. The van der Waals surface area contributed by atoms with Crippen LogP contribution in [-0.4, -0.2) is 44.7 Å². The van der Waals surface area contributed by atoms with Crippen LogP contribution >= 0.6 is 0 Å². The van der Waals surface area contributed by atoms with Crippen LogP contribution in [0.4, 0.5) is 0 Å². The molecule has 0 bridgehead atoms. The Morgan fingerprint density at radius 1 is 1.21 bits per heavy atom. The van der Waals surface area contributed by atoms with Crippen LogP contribution < -0.4 is 14.8 Å². The Bertz CT molecular complexity index is 783. The molecule has 150 valence electrons. The number of amides is 1. The number of nitrogens with zero attached hydrogens (tertiary/aromatic N) is 1. The summed E-state index contributed by atoms with van der Waals surface area (Å²) in [6.45, 7) is 5.06. The fourth-order valence-electron chi connectivity index (χ4n) is 3.74. The minimum absolute atomic E-state index is 0.00131. The maximum Gasteiger partial charge on any atom is 0.253 e. The Labute approximate surface area is 167 Å². The van der Waals surface area contributed by atoms with Crippen molar-refractivity contribution in [2.75, 3.05) is 33.9 Å². The van der Waals surface area contributed by atoms with E-state index in [9.17, 15) is 4.79 Å². The van der Waals surface area contributed by atoms with Crippen molar-refractivity contribution >= 4 is 5.91 Å². The second kappa shape index (κ2) is 9.60. The first-order valence-corrected chi connectivity index (χ1v) is 9.98. The topological polar surface area (TPSA) is 50.8 Å². The van der Waals surface area contributed by atoms with Crippen LogP contribution in [0.3, 0.4) is 0 Å². The smallest absolute Gasteiger partial charge is 0.253 e. The zero-order valence-electron chi connectivity index (χ0n) is 17.0. The molecule has 0 unspecified atom stereocenters. The molecule has 3 rings (SSSR count). The van der Waals surface area contributed by atoms with Crippen molar-refractivity contribution in [3.8, 4) is 11.5 Å². The van der Waals surface area contributed by atoms with Crippen LogP contribution in [0.2, 0.25) is 0 Å². The molecule has 1 saturated heterocycles. The van der Waals surface area contributed by atoms with E-state index in [0.717, 1.165) is 18.7 Å². The lowest BCUT2D eigenvalue weighted by Crippen LogP contribution is -2.28. The van der Waals surface area contributed by atoms with Crippen molar-refractivity contribution in [2.24, 2.45) is 0 Å². The Morgan fingerprint density at radius 3 is 2.64 bits per heavy atom. The first-order valence-electron chi connectivity index (χ1n) is 9.98. The number of para-hydroxylation sites is 1. The zero-order chi connectivity index (χ0) is 19.9. The summed E-state index contributed by atoms with van der Waals surface area (Å²) >= 11 is 0. The molecule has 1 atom stereocenters. The molecule has 1 amide bonds. The van der Waals surface area contributed by atoms with Crippen molar-refractivity contribution in [3.05, 3.63) is 59.2 Å². The fraction of sp³-hybridized carbons (Fsp3) is 0.435. The Hall–Kier alpha value is -2.53. The van der Waals surface area contributed by atoms with E-state index < -0.39 is 0 Å². The van der Waals surface area contributed by atoms with Gasteiger partial charge in [0.2, 0.25) is 0 Å². The summed E-state index contributed by atoms with van der Waals surface area (Å²) in [5, 5.41) is 3.44. The van der Waals surface area contributed by atoms with Gasteiger partial charge in [-0.15, -0.1) is 0 Å². The van der Waals surface area contributed by atoms with E-state index in [4.69, 9.17) is 9.47 Å². The van der Waals surface area contributed by atoms with Crippen molar-refractivity contribution in [1.82, 2.24) is 10.2 Å². The Kier molecular flexibility index (Phi) is 6.93. The van der Waals surface area contributed by atoms with E-state index in [1.165, 1.54) is 18.4 Å². The van der Waals surface area contributed by atoms with Crippen LogP contribution in [0.5, 0.6) is 11.5 Å². The number of carbonyl (C=O) groups is 1. The third kappa shape index (κ3) is 4.65. The van der Waals surface area contributed by atoms with Gasteiger partial charge in [-0.3, -0.25) is 4.79 Å². The predicted molar refractivity (Wildman–Crippen MR) is 111 cm³/mol. The minimum atomic E-state index is -0.00131. The normalized spacial score (nSPS) is 16.5. The van der Waals surface area contributed by atoms with E-state index in [1.807, 2.05) is 44.3 Å². The quantitative estimate of drug-likeness (QED) is 0.791. The molecule has 1 aliphatic heterocycles. The fourth-order valence-corrected chi connectivity index (χ4v) is 3.74. The number of methoxy groups -OCH3 is 1. The molecular weight excluding hydrogens is 352 g/mol. The second-order valence-corrected chi connectivity index (χ2v) is 7.21. The van der Waals surface area contributed by atoms with Crippen LogP contribution in [0.25, 0.3) is 0 Å². The highest BCUT2D eigenvalue weighted by Crippen LogP contribution is 2.32. The number of hydrogen-bond donors (Lipinski definition) is 1. The molecule has 0 saturated carbocycles. The third-order valence-corrected chi connectivity index (χ3v) is 5.25. The highest BCUT2D eigenvalue weighted by Gasteiger charge is 2.18. The average Bonchev–Trinajstić information content (AvgIpc) is 2.75. The lowest BCUT2D eigenvalue weighted by atomic mass is 9.91. The zero-order valence-corrected chi connectivity index (χ0v) is 17.0. The summed E-state index contributed by atoms with van der Waals surface area (Å²) < 4.78 is 11.2. The molecule has 5 nitrogen and oxygen atoms in total. The number of nitrogens with one attached hydrogen (secondary N) is 1. The summed E-state index contributed by atoms with van der Waals surface area (Å²) in [6, 6.07) is 13.8. The molecule has 28 heavy (non-hydrogen) atoms. The third-order valence-electron chi connectivity index (χ3n) is 5.25. The molecular formula is C23H30N2O3. The molecule has 2 aromatic carbocycles. The van der Waals surface area contributed by atoms with Gasteiger partial charge < -0.3 is 19.7 Å². The van der Waals surface area contributed by atoms with Crippen molar-refractivity contribution < 1.29 is 14.3 Å². The van der Waals surface area contributed by atoms with Crippen molar-refractivity contribution in [1.29, 1.82) is 0 Å². The van der Waals surface area contributed by atoms with Gasteiger partial charge in [-0.2, -0.15) is 0 Å². The maximum atomic E-state index is 12.9. The van der Waals surface area contributed by atoms with Crippen molar-refractivity contribution in [3.63, 3.8) is 0 Å². The van der Waals surface area contributed by atoms with Crippen LogP contribution in [0, 0.1) is 0 Å². The monoisotopic (exact) mass is 382 g/mol. The summed E-state index contributed by atoms with van der Waals surface area (Å²) in [6.07, 6.45) is 2.41. The molecule has 1 N–H and O–H groups in total. The van der Waals surface area contributed by atoms with Gasteiger partial charge in [0.25, 0.3) is 5.91 Å². The number of hydrogen-bond acceptors (Lipinski definition) is 4. The number of benzene rings is 2. The first kappa shape index (κ1) is 20.2. The Morgan fingerprint density at radius 2 is 2.00 bits per heavy atom. The molecule has 2 aromatic rings. The van der Waals surface area contributed by atoms with Crippen molar-refractivity contribution in [2.45, 2.75) is 32.2 Å². The summed E-state index contributed by atoms with van der Waals surface area (Å²) in [5.41, 5.74) is 2.94. The lowest BCUT2D eigenvalue weighted by Gasteiger charge is -2.24. The average molecular weight is 383 g/mol. The molecule has 0 aromatic heterocycles. The van der Waals surface area contributed by atoms with Gasteiger partial charge in [-0.1, -0.05) is 24.3 Å². The second-order valence-electron chi connectivity index (χ2n) is 7.21. The molecule has 1 aliphatic rings.